The van der Waals surface area contributed by atoms with Crippen LogP contribution in [-0.2, 0) is 5.88 Å². The van der Waals surface area contributed by atoms with Gasteiger partial charge < -0.3 is 4.90 Å². The summed E-state index contributed by atoms with van der Waals surface area (Å²) in [6, 6.07) is 4.75. The van der Waals surface area contributed by atoms with Gasteiger partial charge in [0.1, 0.15) is 4.32 Å². The molecule has 0 aliphatic rings. The van der Waals surface area contributed by atoms with E-state index in [-0.39, 0.29) is 5.69 Å². The van der Waals surface area contributed by atoms with E-state index in [1.54, 1.807) is 23.0 Å². The van der Waals surface area contributed by atoms with Crippen LogP contribution in [0.3, 0.4) is 0 Å². The number of nitro benzene ring substituents is 1. The zero-order valence-electron chi connectivity index (χ0n) is 11.9. The largest absolute Gasteiger partial charge is 0.358 e. The summed E-state index contributed by atoms with van der Waals surface area (Å²) in [4.78, 5) is 12.5. The highest BCUT2D eigenvalue weighted by atomic mass is 32.2. The van der Waals surface area contributed by atoms with E-state index < -0.39 is 4.92 Å². The SMILES string of the molecule is CCN(CC)C(=S)SCn1ncc2ccc([N+](=O)[O-])cc21. The Bertz CT molecular complexity index is 667. The number of non-ortho nitro benzene ring substituents is 1. The lowest BCUT2D eigenvalue weighted by Crippen LogP contribution is -2.27. The van der Waals surface area contributed by atoms with E-state index in [0.717, 1.165) is 28.3 Å². The highest BCUT2D eigenvalue weighted by molar-refractivity contribution is 8.22. The molecule has 2 rings (SSSR count). The summed E-state index contributed by atoms with van der Waals surface area (Å²) in [7, 11) is 0. The number of fused-ring (bicyclic) bond motifs is 1. The fraction of sp³-hybridized carbons (Fsp3) is 0.385. The molecule has 0 unspecified atom stereocenters. The molecule has 0 amide bonds. The Kier molecular flexibility index (Phi) is 5.13. The molecule has 1 aromatic heterocycles. The lowest BCUT2D eigenvalue weighted by atomic mass is 10.2. The maximum atomic E-state index is 10.9. The maximum Gasteiger partial charge on any atom is 0.271 e. The van der Waals surface area contributed by atoms with E-state index in [1.165, 1.54) is 17.8 Å². The number of thiocarbonyl (C=S) groups is 1. The third-order valence-corrected chi connectivity index (χ3v) is 4.66. The molecular weight excluding hydrogens is 308 g/mol. The highest BCUT2D eigenvalue weighted by Gasteiger charge is 2.12. The van der Waals surface area contributed by atoms with Gasteiger partial charge in [-0.1, -0.05) is 24.0 Å². The van der Waals surface area contributed by atoms with Gasteiger partial charge in [0.25, 0.3) is 5.69 Å². The number of nitro groups is 1. The van der Waals surface area contributed by atoms with Gasteiger partial charge in [-0.2, -0.15) is 5.10 Å². The van der Waals surface area contributed by atoms with E-state index in [9.17, 15) is 10.1 Å². The van der Waals surface area contributed by atoms with Crippen LogP contribution in [0, 0.1) is 10.1 Å². The molecule has 0 atom stereocenters. The number of nitrogens with zero attached hydrogens (tertiary/aromatic N) is 4. The monoisotopic (exact) mass is 324 g/mol. The molecule has 0 radical (unpaired) electrons. The fourth-order valence-corrected chi connectivity index (χ4v) is 3.26. The topological polar surface area (TPSA) is 64.2 Å². The quantitative estimate of drug-likeness (QED) is 0.478. The number of aromatic nitrogens is 2. The number of rotatable bonds is 5. The van der Waals surface area contributed by atoms with Crippen LogP contribution in [-0.4, -0.2) is 37.0 Å². The third-order valence-electron chi connectivity index (χ3n) is 3.17. The molecule has 0 saturated carbocycles. The van der Waals surface area contributed by atoms with E-state index >= 15 is 0 Å². The fourth-order valence-electron chi connectivity index (χ4n) is 1.96. The first-order chi connectivity index (χ1) is 10.1. The molecule has 1 aromatic carbocycles. The smallest absolute Gasteiger partial charge is 0.271 e. The summed E-state index contributed by atoms with van der Waals surface area (Å²) >= 11 is 6.88. The first kappa shape index (κ1) is 15.7. The lowest BCUT2D eigenvalue weighted by Gasteiger charge is -2.20. The molecule has 112 valence electrons. The van der Waals surface area contributed by atoms with E-state index in [1.807, 2.05) is 0 Å². The Morgan fingerprint density at radius 3 is 2.81 bits per heavy atom. The predicted octanol–water partition coefficient (Wildman–Crippen LogP) is 3.26. The van der Waals surface area contributed by atoms with Crippen LogP contribution in [0.5, 0.6) is 0 Å². The lowest BCUT2D eigenvalue weighted by molar-refractivity contribution is -0.384. The number of benzene rings is 1. The summed E-state index contributed by atoms with van der Waals surface area (Å²) in [5.41, 5.74) is 0.819. The second-order valence-corrected chi connectivity index (χ2v) is 5.93. The van der Waals surface area contributed by atoms with Crippen molar-refractivity contribution in [1.29, 1.82) is 0 Å². The van der Waals surface area contributed by atoms with Crippen molar-refractivity contribution in [1.82, 2.24) is 14.7 Å². The number of thioether (sulfide) groups is 1. The van der Waals surface area contributed by atoms with Crippen molar-refractivity contribution >= 4 is 44.9 Å². The van der Waals surface area contributed by atoms with Crippen LogP contribution in [0.15, 0.2) is 24.4 Å². The highest BCUT2D eigenvalue weighted by Crippen LogP contribution is 2.22. The van der Waals surface area contributed by atoms with Crippen molar-refractivity contribution in [3.8, 4) is 0 Å². The molecule has 0 spiro atoms. The summed E-state index contributed by atoms with van der Waals surface area (Å²) in [6.07, 6.45) is 1.71. The van der Waals surface area contributed by atoms with Crippen molar-refractivity contribution in [3.63, 3.8) is 0 Å². The predicted molar refractivity (Wildman–Crippen MR) is 89.5 cm³/mol. The second-order valence-electron chi connectivity index (χ2n) is 4.36. The minimum Gasteiger partial charge on any atom is -0.358 e. The van der Waals surface area contributed by atoms with Crippen molar-refractivity contribution < 1.29 is 4.92 Å². The van der Waals surface area contributed by atoms with Crippen LogP contribution < -0.4 is 0 Å². The van der Waals surface area contributed by atoms with E-state index in [2.05, 4.69) is 23.8 Å². The van der Waals surface area contributed by atoms with E-state index in [4.69, 9.17) is 12.2 Å². The summed E-state index contributed by atoms with van der Waals surface area (Å²) in [5.74, 6) is 0.542. The third kappa shape index (κ3) is 3.51. The molecule has 0 aliphatic heterocycles. The molecule has 0 fully saturated rings. The van der Waals surface area contributed by atoms with Gasteiger partial charge in [-0.3, -0.25) is 14.8 Å². The van der Waals surface area contributed by atoms with E-state index in [0.29, 0.717) is 5.88 Å². The Morgan fingerprint density at radius 2 is 2.19 bits per heavy atom. The molecule has 0 saturated heterocycles. The first-order valence-corrected chi connectivity index (χ1v) is 7.97. The van der Waals surface area contributed by atoms with Crippen LogP contribution in [0.2, 0.25) is 0 Å². The molecule has 8 heteroatoms. The summed E-state index contributed by atoms with van der Waals surface area (Å²) < 4.78 is 2.55. The molecule has 0 N–H and O–H groups in total. The van der Waals surface area contributed by atoms with Gasteiger partial charge in [0.2, 0.25) is 0 Å². The molecule has 0 aliphatic carbocycles. The molecule has 1 heterocycles. The van der Waals surface area contributed by atoms with Crippen LogP contribution >= 0.6 is 24.0 Å². The standard InChI is InChI=1S/C13H16N4O2S2/c1-3-15(4-2)13(20)21-9-16-12-7-11(17(18)19)6-5-10(12)8-14-16/h5-8H,3-4,9H2,1-2H3. The van der Waals surface area contributed by atoms with Crippen LogP contribution in [0.1, 0.15) is 13.8 Å². The first-order valence-electron chi connectivity index (χ1n) is 6.58. The molecular formula is C13H16N4O2S2. The Labute approximate surface area is 132 Å². The van der Waals surface area contributed by atoms with Gasteiger partial charge in [0.15, 0.2) is 0 Å². The zero-order chi connectivity index (χ0) is 15.4. The molecule has 21 heavy (non-hydrogen) atoms. The van der Waals surface area contributed by atoms with Crippen molar-refractivity contribution in [3.05, 3.63) is 34.5 Å². The molecule has 0 bridgehead atoms. The van der Waals surface area contributed by atoms with Gasteiger partial charge in [-0.05, 0) is 19.9 Å². The van der Waals surface area contributed by atoms with Crippen LogP contribution in [0.25, 0.3) is 10.9 Å². The minimum atomic E-state index is -0.398. The molecule has 6 nitrogen and oxygen atoms in total. The maximum absolute atomic E-state index is 10.9. The van der Waals surface area contributed by atoms with Crippen molar-refractivity contribution in [2.75, 3.05) is 13.1 Å². The van der Waals surface area contributed by atoms with Crippen molar-refractivity contribution in [2.24, 2.45) is 0 Å². The minimum absolute atomic E-state index is 0.0700. The van der Waals surface area contributed by atoms with Crippen molar-refractivity contribution in [2.45, 2.75) is 19.7 Å². The summed E-state index contributed by atoms with van der Waals surface area (Å²) in [6.45, 7) is 5.85. The van der Waals surface area contributed by atoms with Gasteiger partial charge in [-0.15, -0.1) is 0 Å². The Balaban J connectivity index is 2.17. The average Bonchev–Trinajstić information content (AvgIpc) is 2.88. The van der Waals surface area contributed by atoms with Crippen LogP contribution in [0.4, 0.5) is 5.69 Å². The van der Waals surface area contributed by atoms with Gasteiger partial charge in [0, 0.05) is 30.6 Å². The number of hydrogen-bond donors (Lipinski definition) is 0. The second kappa shape index (κ2) is 6.86. The average molecular weight is 324 g/mol. The summed E-state index contributed by atoms with van der Waals surface area (Å²) in [5, 5.41) is 16.0. The normalized spacial score (nSPS) is 10.8. The Hall–Kier alpha value is -1.67. The van der Waals surface area contributed by atoms with Gasteiger partial charge in [-0.25, -0.2) is 0 Å². The molecule has 2 aromatic rings. The van der Waals surface area contributed by atoms with Gasteiger partial charge in [0.05, 0.1) is 22.5 Å². The number of hydrogen-bond acceptors (Lipinski definition) is 5. The zero-order valence-corrected chi connectivity index (χ0v) is 13.5. The Morgan fingerprint density at radius 1 is 1.48 bits per heavy atom. The van der Waals surface area contributed by atoms with Gasteiger partial charge >= 0.3 is 0 Å².